The van der Waals surface area contributed by atoms with Gasteiger partial charge in [0.1, 0.15) is 6.61 Å². The predicted molar refractivity (Wildman–Crippen MR) is 101 cm³/mol. The summed E-state index contributed by atoms with van der Waals surface area (Å²) < 4.78 is 49.2. The third-order valence-corrected chi connectivity index (χ3v) is 4.94. The van der Waals surface area contributed by atoms with E-state index < -0.39 is 23.6 Å². The smallest absolute Gasteiger partial charge is 0.416 e. The van der Waals surface area contributed by atoms with Gasteiger partial charge in [0.05, 0.1) is 17.2 Å². The van der Waals surface area contributed by atoms with E-state index in [1.54, 1.807) is 39.6 Å². The summed E-state index contributed by atoms with van der Waals surface area (Å²) >= 11 is 0. The lowest BCUT2D eigenvalue weighted by Crippen LogP contribution is -2.32. The maximum absolute atomic E-state index is 13.0. The van der Waals surface area contributed by atoms with Gasteiger partial charge < -0.3 is 14.4 Å². The van der Waals surface area contributed by atoms with Gasteiger partial charge in [0.25, 0.3) is 6.47 Å². The van der Waals surface area contributed by atoms with Gasteiger partial charge in [-0.25, -0.2) is 4.79 Å². The van der Waals surface area contributed by atoms with Crippen LogP contribution in [0.2, 0.25) is 0 Å². The monoisotopic (exact) mass is 411 g/mol. The molecule has 1 heterocycles. The van der Waals surface area contributed by atoms with Crippen molar-refractivity contribution in [3.8, 4) is 0 Å². The Morgan fingerprint density at radius 3 is 2.24 bits per heavy atom. The molecule has 0 spiro atoms. The Morgan fingerprint density at radius 2 is 1.76 bits per heavy atom. The third kappa shape index (κ3) is 4.81. The molecule has 158 valence electrons. The first kappa shape index (κ1) is 22.5. The minimum Gasteiger partial charge on any atom is -0.463 e. The molecule has 0 bridgehead atoms. The average Bonchev–Trinajstić information content (AvgIpc) is 2.64. The number of carbonyl (C=O) groups excluding carboxylic acids is 2. The van der Waals surface area contributed by atoms with E-state index in [0.717, 1.165) is 17.8 Å². The Bertz CT molecular complexity index is 838. The van der Waals surface area contributed by atoms with Crippen molar-refractivity contribution in [2.24, 2.45) is 0 Å². The largest absolute Gasteiger partial charge is 0.463 e. The fourth-order valence-corrected chi connectivity index (χ4v) is 3.33. The van der Waals surface area contributed by atoms with Crippen LogP contribution in [0, 0.1) is 0 Å². The van der Waals surface area contributed by atoms with Crippen molar-refractivity contribution in [1.82, 2.24) is 4.90 Å². The summed E-state index contributed by atoms with van der Waals surface area (Å²) in [5.74, 6) is -1.26. The number of rotatable bonds is 6. The first-order valence-electron chi connectivity index (χ1n) is 9.06. The van der Waals surface area contributed by atoms with Crippen LogP contribution in [0.15, 0.2) is 46.8 Å². The van der Waals surface area contributed by atoms with Crippen molar-refractivity contribution >= 4 is 12.4 Å². The predicted octanol–water partition coefficient (Wildman–Crippen LogP) is 4.41. The molecule has 0 aromatic heterocycles. The number of esters is 1. The molecule has 0 radical (unpaired) electrons. The second-order valence-corrected chi connectivity index (χ2v) is 7.08. The van der Waals surface area contributed by atoms with E-state index in [4.69, 9.17) is 9.47 Å². The fraction of sp³-hybridized carbons (Fsp3) is 0.429. The number of carbonyl (C=O) groups is 2. The molecule has 0 saturated carbocycles. The number of halogens is 3. The molecule has 1 aromatic rings. The summed E-state index contributed by atoms with van der Waals surface area (Å²) in [5, 5.41) is 0. The second kappa shape index (κ2) is 8.71. The number of hydrogen-bond acceptors (Lipinski definition) is 5. The molecule has 0 fully saturated rings. The zero-order valence-corrected chi connectivity index (χ0v) is 17.0. The highest BCUT2D eigenvalue weighted by Crippen LogP contribution is 2.42. The molecule has 1 atom stereocenters. The maximum atomic E-state index is 13.0. The minimum absolute atomic E-state index is 0.100. The Morgan fingerprint density at radius 1 is 1.17 bits per heavy atom. The van der Waals surface area contributed by atoms with E-state index in [1.807, 2.05) is 0 Å². The quantitative estimate of drug-likeness (QED) is 0.513. The standard InChI is InChI=1S/C21H24F3NO4/c1-12(2)29-20(27)18-14(4)25(5)13(3)17(10-28-11-26)19(18)15-6-8-16(9-7-15)21(22,23)24/h6-9,11-12,19H,10H2,1-5H3. The second-order valence-electron chi connectivity index (χ2n) is 7.08. The summed E-state index contributed by atoms with van der Waals surface area (Å²) in [4.78, 5) is 25.4. The van der Waals surface area contributed by atoms with Gasteiger partial charge in [-0.2, -0.15) is 13.2 Å². The first-order chi connectivity index (χ1) is 13.5. The van der Waals surface area contributed by atoms with Crippen LogP contribution >= 0.6 is 0 Å². The number of allylic oxidation sites excluding steroid dienone is 2. The van der Waals surface area contributed by atoms with Crippen molar-refractivity contribution in [3.05, 3.63) is 57.9 Å². The van der Waals surface area contributed by atoms with Crippen molar-refractivity contribution in [3.63, 3.8) is 0 Å². The van der Waals surface area contributed by atoms with Crippen LogP contribution in [0.4, 0.5) is 13.2 Å². The van der Waals surface area contributed by atoms with Crippen molar-refractivity contribution in [1.29, 1.82) is 0 Å². The number of hydrogen-bond donors (Lipinski definition) is 0. The Kier molecular flexibility index (Phi) is 6.77. The highest BCUT2D eigenvalue weighted by molar-refractivity contribution is 5.92. The highest BCUT2D eigenvalue weighted by atomic mass is 19.4. The van der Waals surface area contributed by atoms with Gasteiger partial charge in [-0.15, -0.1) is 0 Å². The van der Waals surface area contributed by atoms with Gasteiger partial charge in [0.15, 0.2) is 0 Å². The molecule has 0 amide bonds. The molecule has 8 heteroatoms. The fourth-order valence-electron chi connectivity index (χ4n) is 3.33. The molecule has 2 rings (SSSR count). The topological polar surface area (TPSA) is 55.8 Å². The molecule has 1 unspecified atom stereocenters. The summed E-state index contributed by atoms with van der Waals surface area (Å²) in [6.45, 7) is 7.16. The van der Waals surface area contributed by atoms with Crippen LogP contribution in [0.5, 0.6) is 0 Å². The van der Waals surface area contributed by atoms with Crippen LogP contribution in [0.1, 0.15) is 44.7 Å². The van der Waals surface area contributed by atoms with Crippen LogP contribution in [0.25, 0.3) is 0 Å². The molecule has 1 aliphatic heterocycles. The van der Waals surface area contributed by atoms with Crippen LogP contribution in [-0.2, 0) is 25.2 Å². The van der Waals surface area contributed by atoms with E-state index >= 15 is 0 Å². The Balaban J connectivity index is 2.63. The van der Waals surface area contributed by atoms with Gasteiger partial charge in [-0.05, 0) is 51.0 Å². The summed E-state index contributed by atoms with van der Waals surface area (Å²) in [6.07, 6.45) is -4.84. The van der Waals surface area contributed by atoms with Crippen LogP contribution < -0.4 is 0 Å². The van der Waals surface area contributed by atoms with Crippen LogP contribution in [0.3, 0.4) is 0 Å². The molecule has 1 aromatic carbocycles. The van der Waals surface area contributed by atoms with E-state index in [0.29, 0.717) is 28.9 Å². The lowest BCUT2D eigenvalue weighted by molar-refractivity contribution is -0.143. The SMILES string of the molecule is CC1=C(COC=O)C(c2ccc(C(F)(F)F)cc2)C(C(=O)OC(C)C)=C(C)N1C. The minimum atomic E-state index is -4.47. The van der Waals surface area contributed by atoms with E-state index in [-0.39, 0.29) is 12.7 Å². The van der Waals surface area contributed by atoms with Gasteiger partial charge in [-0.1, -0.05) is 12.1 Å². The summed E-state index contributed by atoms with van der Waals surface area (Å²) in [7, 11) is 1.76. The van der Waals surface area contributed by atoms with Gasteiger partial charge in [0.2, 0.25) is 0 Å². The highest BCUT2D eigenvalue weighted by Gasteiger charge is 2.37. The maximum Gasteiger partial charge on any atom is 0.416 e. The molecule has 5 nitrogen and oxygen atoms in total. The molecule has 0 aliphatic carbocycles. The number of nitrogens with zero attached hydrogens (tertiary/aromatic N) is 1. The Labute approximate surface area is 167 Å². The molecule has 0 saturated heterocycles. The van der Waals surface area contributed by atoms with E-state index in [9.17, 15) is 22.8 Å². The van der Waals surface area contributed by atoms with Crippen molar-refractivity contribution in [2.75, 3.05) is 13.7 Å². The molecular formula is C21H24F3NO4. The zero-order valence-electron chi connectivity index (χ0n) is 17.0. The van der Waals surface area contributed by atoms with Gasteiger partial charge >= 0.3 is 12.1 Å². The lowest BCUT2D eigenvalue weighted by atomic mass is 9.80. The number of alkyl halides is 3. The van der Waals surface area contributed by atoms with Gasteiger partial charge in [0, 0.05) is 24.4 Å². The van der Waals surface area contributed by atoms with Crippen molar-refractivity contribution in [2.45, 2.75) is 45.9 Å². The summed E-state index contributed by atoms with van der Waals surface area (Å²) in [5.41, 5.74) is 1.96. The molecular weight excluding hydrogens is 387 g/mol. The summed E-state index contributed by atoms with van der Waals surface area (Å²) in [6, 6.07) is 4.62. The van der Waals surface area contributed by atoms with Gasteiger partial charge in [-0.3, -0.25) is 4.79 Å². The van der Waals surface area contributed by atoms with E-state index in [2.05, 4.69) is 0 Å². The third-order valence-electron chi connectivity index (χ3n) is 4.94. The van der Waals surface area contributed by atoms with Crippen LogP contribution in [-0.4, -0.2) is 37.1 Å². The van der Waals surface area contributed by atoms with Crippen molar-refractivity contribution < 1.29 is 32.2 Å². The average molecular weight is 411 g/mol. The normalized spacial score (nSPS) is 17.7. The molecule has 1 aliphatic rings. The Hall–Kier alpha value is -2.77. The number of benzene rings is 1. The van der Waals surface area contributed by atoms with E-state index in [1.165, 1.54) is 12.1 Å². The zero-order chi connectivity index (χ0) is 21.9. The molecule has 29 heavy (non-hydrogen) atoms. The lowest BCUT2D eigenvalue weighted by Gasteiger charge is -2.36. The number of ether oxygens (including phenoxy) is 2. The first-order valence-corrected chi connectivity index (χ1v) is 9.06. The molecule has 0 N–H and O–H groups in total.